The lowest BCUT2D eigenvalue weighted by atomic mass is 12.0. The van der Waals surface area contributed by atoms with Gasteiger partial charge >= 0.3 is 0 Å². The zero-order valence-corrected chi connectivity index (χ0v) is 4.07. The molecule has 0 bridgehead atoms. The molecule has 5 heteroatoms. The molecule has 0 saturated carbocycles. The van der Waals surface area contributed by atoms with E-state index in [9.17, 15) is 8.42 Å². The van der Waals surface area contributed by atoms with Crippen molar-refractivity contribution in [2.45, 2.75) is 0 Å². The number of sulfonamides is 1. The molecule has 0 spiro atoms. The second-order valence-electron chi connectivity index (χ2n) is 0.838. The molecule has 0 amide bonds. The van der Waals surface area contributed by atoms with Gasteiger partial charge in [0.25, 0.3) is 0 Å². The Labute approximate surface area is 36.4 Å². The third kappa shape index (κ3) is 3.87. The number of nitrogens with zero attached hydrogens (tertiary/aromatic N) is 1. The van der Waals surface area contributed by atoms with Crippen molar-refractivity contribution in [3.63, 3.8) is 0 Å². The maximum Gasteiger partial charge on any atom is 0.239 e. The first-order chi connectivity index (χ1) is 2.56. The van der Waals surface area contributed by atoms with Gasteiger partial charge in [0.05, 0.1) is 6.26 Å². The summed E-state index contributed by atoms with van der Waals surface area (Å²) in [7, 11) is -3.26. The Bertz CT molecular complexity index is 114. The Morgan fingerprint density at radius 1 is 1.67 bits per heavy atom. The number of hydrogen-bond acceptors (Lipinski definition) is 3. The minimum atomic E-state index is -3.26. The molecule has 0 aliphatic rings. The van der Waals surface area contributed by atoms with E-state index in [0.29, 0.717) is 0 Å². The monoisotopic (exact) mass is 109 g/mol. The molecule has 0 atom stereocenters. The van der Waals surface area contributed by atoms with Crippen molar-refractivity contribution >= 4 is 10.0 Å². The Hall–Kier alpha value is -0.130. The highest BCUT2D eigenvalue weighted by molar-refractivity contribution is 7.88. The van der Waals surface area contributed by atoms with Gasteiger partial charge in [0.1, 0.15) is 0 Å². The summed E-state index contributed by atoms with van der Waals surface area (Å²) in [6.45, 7) is 0. The van der Waals surface area contributed by atoms with Crippen LogP contribution in [0.15, 0.2) is 0 Å². The van der Waals surface area contributed by atoms with Crippen molar-refractivity contribution in [1.82, 2.24) is 4.83 Å². The lowest BCUT2D eigenvalue weighted by molar-refractivity contribution is 0.589. The van der Waals surface area contributed by atoms with E-state index in [1.807, 2.05) is 0 Å². The van der Waals surface area contributed by atoms with Crippen LogP contribution < -0.4 is 10.7 Å². The topological polar surface area (TPSA) is 74.3 Å². The molecule has 6 heavy (non-hydrogen) atoms. The predicted molar refractivity (Wildman–Crippen MR) is 21.2 cm³/mol. The number of rotatable bonds is 1. The maximum absolute atomic E-state index is 9.71. The van der Waals surface area contributed by atoms with Gasteiger partial charge in [-0.1, -0.05) is 0 Å². The molecule has 2 N–H and O–H groups in total. The molecular weight excluding hydrogens is 104 g/mol. The fourth-order valence-corrected chi connectivity index (χ4v) is 0. The predicted octanol–water partition coefficient (Wildman–Crippen LogP) is -1.58. The van der Waals surface area contributed by atoms with E-state index in [1.165, 1.54) is 0 Å². The number of hydrogen-bond donors (Lipinski definition) is 1. The van der Waals surface area contributed by atoms with Gasteiger partial charge in [-0.25, -0.2) is 14.3 Å². The van der Waals surface area contributed by atoms with E-state index >= 15 is 0 Å². The highest BCUT2D eigenvalue weighted by Crippen LogP contribution is 1.63. The van der Waals surface area contributed by atoms with Crippen LogP contribution in [0.5, 0.6) is 0 Å². The van der Waals surface area contributed by atoms with Crippen LogP contribution in [0.4, 0.5) is 0 Å². The average molecular weight is 109 g/mol. The molecule has 0 fully saturated rings. The van der Waals surface area contributed by atoms with Gasteiger partial charge in [-0.05, 0) is 4.83 Å². The van der Waals surface area contributed by atoms with Crippen molar-refractivity contribution in [2.75, 3.05) is 6.26 Å². The number of nitrogens with two attached hydrogens (primary N) is 1. The van der Waals surface area contributed by atoms with Crippen LogP contribution in [-0.2, 0) is 10.0 Å². The SMILES string of the molecule is CS(=O)(=O)[N]N. The largest absolute Gasteiger partial charge is 0.239 e. The zero-order chi connectivity index (χ0) is 5.21. The maximum atomic E-state index is 9.71. The third-order valence-electron chi connectivity index (χ3n) is 0.191. The first-order valence-corrected chi connectivity index (χ1v) is 3.03. The minimum absolute atomic E-state index is 0.924. The highest BCUT2D eigenvalue weighted by atomic mass is 32.2. The molecule has 0 aromatic carbocycles. The van der Waals surface area contributed by atoms with Crippen LogP contribution in [0.2, 0.25) is 0 Å². The van der Waals surface area contributed by atoms with E-state index in [4.69, 9.17) is 0 Å². The summed E-state index contributed by atoms with van der Waals surface area (Å²) in [6.07, 6.45) is 0.924. The normalized spacial score (nSPS) is 11.7. The van der Waals surface area contributed by atoms with Gasteiger partial charge in [-0.3, -0.25) is 0 Å². The molecule has 0 aliphatic heterocycles. The van der Waals surface area contributed by atoms with Crippen LogP contribution >= 0.6 is 0 Å². The van der Waals surface area contributed by atoms with Crippen LogP contribution in [0.25, 0.3) is 0 Å². The second-order valence-corrected chi connectivity index (χ2v) is 2.52. The highest BCUT2D eigenvalue weighted by Gasteiger charge is 1.92. The molecule has 0 aromatic heterocycles. The van der Waals surface area contributed by atoms with Crippen molar-refractivity contribution < 1.29 is 8.42 Å². The van der Waals surface area contributed by atoms with Crippen molar-refractivity contribution in [3.05, 3.63) is 0 Å². The molecule has 4 nitrogen and oxygen atoms in total. The Morgan fingerprint density at radius 2 is 1.83 bits per heavy atom. The van der Waals surface area contributed by atoms with E-state index in [1.54, 1.807) is 0 Å². The zero-order valence-electron chi connectivity index (χ0n) is 3.25. The first-order valence-electron chi connectivity index (χ1n) is 1.18. The van der Waals surface area contributed by atoms with Crippen molar-refractivity contribution in [1.29, 1.82) is 0 Å². The first kappa shape index (κ1) is 5.87. The van der Waals surface area contributed by atoms with Gasteiger partial charge in [-0.2, -0.15) is 0 Å². The van der Waals surface area contributed by atoms with Crippen molar-refractivity contribution in [3.8, 4) is 0 Å². The van der Waals surface area contributed by atoms with E-state index in [0.717, 1.165) is 6.26 Å². The van der Waals surface area contributed by atoms with Crippen LogP contribution in [-0.4, -0.2) is 14.7 Å². The summed E-state index contributed by atoms with van der Waals surface area (Å²) in [5.41, 5.74) is 0. The van der Waals surface area contributed by atoms with Crippen LogP contribution in [0.3, 0.4) is 0 Å². The third-order valence-corrected chi connectivity index (χ3v) is 0.574. The summed E-state index contributed by atoms with van der Waals surface area (Å²) in [4.78, 5) is 2.49. The van der Waals surface area contributed by atoms with Gasteiger partial charge in [0.15, 0.2) is 0 Å². The van der Waals surface area contributed by atoms with Crippen LogP contribution in [0.1, 0.15) is 0 Å². The summed E-state index contributed by atoms with van der Waals surface area (Å²) >= 11 is 0. The molecule has 0 saturated heterocycles. The van der Waals surface area contributed by atoms with Gasteiger partial charge in [-0.15, -0.1) is 0 Å². The summed E-state index contributed by atoms with van der Waals surface area (Å²) in [5.74, 6) is 4.34. The summed E-state index contributed by atoms with van der Waals surface area (Å²) in [5, 5.41) is 0. The molecule has 0 aromatic rings. The molecule has 1 radical (unpaired) electrons. The quantitative estimate of drug-likeness (QED) is 0.326. The molecule has 0 unspecified atom stereocenters. The van der Waals surface area contributed by atoms with E-state index < -0.39 is 10.0 Å². The molecule has 0 heterocycles. The fourth-order valence-electron chi connectivity index (χ4n) is 0. The summed E-state index contributed by atoms with van der Waals surface area (Å²) in [6, 6.07) is 0. The summed E-state index contributed by atoms with van der Waals surface area (Å²) < 4.78 is 19.4. The minimum Gasteiger partial charge on any atom is -0.238 e. The molecule has 0 rings (SSSR count). The molecular formula is CH5N2O2S. The smallest absolute Gasteiger partial charge is 0.238 e. The standard InChI is InChI=1S/CH5N2O2S/c1-6(4,5)3-2/h2H2,1H3. The van der Waals surface area contributed by atoms with Gasteiger partial charge in [0, 0.05) is 0 Å². The Morgan fingerprint density at radius 3 is 1.83 bits per heavy atom. The van der Waals surface area contributed by atoms with Gasteiger partial charge < -0.3 is 0 Å². The lowest BCUT2D eigenvalue weighted by Gasteiger charge is -1.81. The Kier molecular flexibility index (Phi) is 1.51. The Balaban J connectivity index is 3.85. The van der Waals surface area contributed by atoms with Crippen LogP contribution in [0, 0.1) is 0 Å². The molecule has 37 valence electrons. The average Bonchev–Trinajstić information content (AvgIpc) is 1.35. The fraction of sp³-hybridized carbons (Fsp3) is 1.00. The van der Waals surface area contributed by atoms with Gasteiger partial charge in [0.2, 0.25) is 10.0 Å². The van der Waals surface area contributed by atoms with Crippen molar-refractivity contribution in [2.24, 2.45) is 5.84 Å². The van der Waals surface area contributed by atoms with E-state index in [-0.39, 0.29) is 0 Å². The van der Waals surface area contributed by atoms with E-state index in [2.05, 4.69) is 10.7 Å². The molecule has 0 aliphatic carbocycles. The second kappa shape index (κ2) is 1.55. The lowest BCUT2D eigenvalue weighted by Crippen LogP contribution is -2.20.